The van der Waals surface area contributed by atoms with Crippen LogP contribution in [0.3, 0.4) is 0 Å². The van der Waals surface area contributed by atoms with Crippen molar-refractivity contribution >= 4 is 49.5 Å². The Kier molecular flexibility index (Phi) is 6.13. The molecule has 0 unspecified atom stereocenters. The van der Waals surface area contributed by atoms with Crippen LogP contribution in [0, 0.1) is 0 Å². The number of thiazole rings is 1. The van der Waals surface area contributed by atoms with Gasteiger partial charge in [0.2, 0.25) is 0 Å². The highest BCUT2D eigenvalue weighted by molar-refractivity contribution is 7.90. The summed E-state index contributed by atoms with van der Waals surface area (Å²) in [6.07, 6.45) is 6.48. The van der Waals surface area contributed by atoms with Crippen molar-refractivity contribution in [3.05, 3.63) is 40.4 Å². The largest absolute Gasteiger partial charge is 0.392 e. The van der Waals surface area contributed by atoms with Crippen LogP contribution < -0.4 is 5.32 Å². The average molecular weight is 428 g/mol. The van der Waals surface area contributed by atoms with Crippen molar-refractivity contribution in [1.82, 2.24) is 4.98 Å². The van der Waals surface area contributed by atoms with Crippen molar-refractivity contribution in [1.29, 1.82) is 0 Å². The molecule has 27 heavy (non-hydrogen) atoms. The normalized spacial score (nSPS) is 15.7. The van der Waals surface area contributed by atoms with Crippen molar-refractivity contribution in [2.75, 3.05) is 11.6 Å². The predicted octanol–water partition coefficient (Wildman–Crippen LogP) is 3.50. The third kappa shape index (κ3) is 5.27. The second-order valence-corrected chi connectivity index (χ2v) is 9.85. The number of carbonyl (C=O) groups excluding carboxylic acids is 1. The van der Waals surface area contributed by atoms with Gasteiger partial charge in [-0.05, 0) is 37.8 Å². The smallest absolute Gasteiger partial charge is 0.280 e. The second-order valence-electron chi connectivity index (χ2n) is 6.17. The molecule has 1 aromatic carbocycles. The molecule has 1 fully saturated rings. The summed E-state index contributed by atoms with van der Waals surface area (Å²) in [5, 5.41) is 7.05. The van der Waals surface area contributed by atoms with E-state index in [9.17, 15) is 13.2 Å². The zero-order chi connectivity index (χ0) is 19.4. The summed E-state index contributed by atoms with van der Waals surface area (Å²) in [6, 6.07) is 5.93. The van der Waals surface area contributed by atoms with Crippen LogP contribution in [0.15, 0.2) is 40.5 Å². The number of halogens is 1. The standard InChI is InChI=1S/C17H18ClN3O4S2/c1-27(23,24)13-8-6-11(7-9-13)15(21-25-12-4-2-3-5-12)16(22)20-17-19-10-14(18)26-17/h6-10,12H,2-5H2,1H3,(H,19,20,22). The molecule has 1 N–H and O–H groups in total. The fourth-order valence-electron chi connectivity index (χ4n) is 2.67. The monoisotopic (exact) mass is 427 g/mol. The number of sulfone groups is 1. The molecule has 0 atom stereocenters. The number of rotatable bonds is 6. The fourth-order valence-corrected chi connectivity index (χ4v) is 4.11. The van der Waals surface area contributed by atoms with Crippen LogP contribution in [-0.2, 0) is 19.5 Å². The van der Waals surface area contributed by atoms with Gasteiger partial charge in [-0.1, -0.05) is 40.2 Å². The highest BCUT2D eigenvalue weighted by Gasteiger charge is 2.21. The lowest BCUT2D eigenvalue weighted by atomic mass is 10.1. The van der Waals surface area contributed by atoms with E-state index < -0.39 is 15.7 Å². The number of nitrogens with one attached hydrogen (secondary N) is 1. The molecular formula is C17H18ClN3O4S2. The van der Waals surface area contributed by atoms with Gasteiger partial charge in [0.05, 0.1) is 11.1 Å². The third-order valence-corrected chi connectivity index (χ3v) is 6.22. The molecule has 0 radical (unpaired) electrons. The Bertz CT molecular complexity index is 949. The van der Waals surface area contributed by atoms with Gasteiger partial charge in [0.1, 0.15) is 10.4 Å². The van der Waals surface area contributed by atoms with Crippen molar-refractivity contribution in [3.8, 4) is 0 Å². The summed E-state index contributed by atoms with van der Waals surface area (Å²) in [5.74, 6) is -0.508. The van der Waals surface area contributed by atoms with Gasteiger partial charge >= 0.3 is 0 Å². The summed E-state index contributed by atoms with van der Waals surface area (Å²) in [6.45, 7) is 0. The van der Waals surface area contributed by atoms with Crippen LogP contribution in [-0.4, -0.2) is 37.4 Å². The molecule has 1 amide bonds. The Hall–Kier alpha value is -1.97. The second kappa shape index (κ2) is 8.37. The summed E-state index contributed by atoms with van der Waals surface area (Å²) in [7, 11) is -3.33. The van der Waals surface area contributed by atoms with Gasteiger partial charge in [-0.15, -0.1) is 0 Å². The number of aromatic nitrogens is 1. The zero-order valence-electron chi connectivity index (χ0n) is 14.5. The number of hydrogen-bond acceptors (Lipinski definition) is 7. The summed E-state index contributed by atoms with van der Waals surface area (Å²) >= 11 is 6.97. The number of oxime groups is 1. The van der Waals surface area contributed by atoms with Crippen LogP contribution in [0.1, 0.15) is 31.2 Å². The number of carbonyl (C=O) groups is 1. The molecule has 7 nitrogen and oxygen atoms in total. The van der Waals surface area contributed by atoms with E-state index in [1.54, 1.807) is 0 Å². The predicted molar refractivity (Wildman–Crippen MR) is 105 cm³/mol. The zero-order valence-corrected chi connectivity index (χ0v) is 16.9. The van der Waals surface area contributed by atoms with E-state index in [0.29, 0.717) is 15.0 Å². The molecule has 1 aliphatic carbocycles. The number of nitrogens with zero attached hydrogens (tertiary/aromatic N) is 2. The van der Waals surface area contributed by atoms with Gasteiger partial charge in [-0.25, -0.2) is 13.4 Å². The Morgan fingerprint density at radius 3 is 2.52 bits per heavy atom. The number of anilines is 1. The number of amides is 1. The van der Waals surface area contributed by atoms with E-state index in [-0.39, 0.29) is 16.7 Å². The molecule has 1 saturated carbocycles. The molecule has 144 valence electrons. The molecular weight excluding hydrogens is 410 g/mol. The Morgan fingerprint density at radius 1 is 1.30 bits per heavy atom. The number of hydrogen-bond donors (Lipinski definition) is 1. The van der Waals surface area contributed by atoms with Gasteiger partial charge in [-0.2, -0.15) is 0 Å². The van der Waals surface area contributed by atoms with Crippen LogP contribution in [0.5, 0.6) is 0 Å². The van der Waals surface area contributed by atoms with Crippen LogP contribution in [0.25, 0.3) is 0 Å². The minimum Gasteiger partial charge on any atom is -0.392 e. The molecule has 0 saturated heterocycles. The topological polar surface area (TPSA) is 97.7 Å². The van der Waals surface area contributed by atoms with Crippen LogP contribution in [0.2, 0.25) is 4.34 Å². The maximum absolute atomic E-state index is 12.7. The summed E-state index contributed by atoms with van der Waals surface area (Å²) in [5.41, 5.74) is 0.494. The molecule has 3 rings (SSSR count). The first-order valence-electron chi connectivity index (χ1n) is 8.30. The van der Waals surface area contributed by atoms with E-state index in [1.807, 2.05) is 0 Å². The quantitative estimate of drug-likeness (QED) is 0.562. The number of benzene rings is 1. The van der Waals surface area contributed by atoms with Gasteiger partial charge in [0, 0.05) is 11.8 Å². The molecule has 2 aromatic rings. The molecule has 0 aliphatic heterocycles. The first-order valence-corrected chi connectivity index (χ1v) is 11.4. The van der Waals surface area contributed by atoms with Crippen molar-refractivity contribution < 1.29 is 18.0 Å². The first kappa shape index (κ1) is 19.8. The highest BCUT2D eigenvalue weighted by atomic mass is 35.5. The fraction of sp³-hybridized carbons (Fsp3) is 0.353. The van der Waals surface area contributed by atoms with Gasteiger partial charge in [0.25, 0.3) is 5.91 Å². The molecule has 0 bridgehead atoms. The Labute approximate surface area is 166 Å². The lowest BCUT2D eigenvalue weighted by Gasteiger charge is -2.10. The molecule has 1 aliphatic rings. The van der Waals surface area contributed by atoms with Gasteiger partial charge in [0.15, 0.2) is 20.7 Å². The maximum Gasteiger partial charge on any atom is 0.280 e. The Balaban J connectivity index is 1.86. The summed E-state index contributed by atoms with van der Waals surface area (Å²) < 4.78 is 23.7. The van der Waals surface area contributed by atoms with E-state index >= 15 is 0 Å². The van der Waals surface area contributed by atoms with Gasteiger partial charge < -0.3 is 4.84 Å². The van der Waals surface area contributed by atoms with E-state index in [2.05, 4.69) is 15.5 Å². The lowest BCUT2D eigenvalue weighted by molar-refractivity contribution is -0.110. The minimum absolute atomic E-state index is 0.0163. The van der Waals surface area contributed by atoms with Gasteiger partial charge in [-0.3, -0.25) is 10.1 Å². The van der Waals surface area contributed by atoms with Crippen molar-refractivity contribution in [2.24, 2.45) is 5.16 Å². The lowest BCUT2D eigenvalue weighted by Crippen LogP contribution is -2.25. The molecule has 10 heteroatoms. The summed E-state index contributed by atoms with van der Waals surface area (Å²) in [4.78, 5) is 22.4. The minimum atomic E-state index is -3.33. The third-order valence-electron chi connectivity index (χ3n) is 4.06. The van der Waals surface area contributed by atoms with Crippen LogP contribution >= 0.6 is 22.9 Å². The van der Waals surface area contributed by atoms with E-state index in [4.69, 9.17) is 16.4 Å². The molecule has 1 heterocycles. The first-order chi connectivity index (χ1) is 12.8. The molecule has 0 spiro atoms. The molecule has 1 aromatic heterocycles. The highest BCUT2D eigenvalue weighted by Crippen LogP contribution is 2.24. The van der Waals surface area contributed by atoms with E-state index in [0.717, 1.165) is 43.3 Å². The average Bonchev–Trinajstić information content (AvgIpc) is 3.26. The SMILES string of the molecule is CS(=O)(=O)c1ccc(C(=NOC2CCCC2)C(=O)Nc2ncc(Cl)s2)cc1. The Morgan fingerprint density at radius 2 is 1.96 bits per heavy atom. The van der Waals surface area contributed by atoms with Crippen molar-refractivity contribution in [3.63, 3.8) is 0 Å². The maximum atomic E-state index is 12.7. The van der Waals surface area contributed by atoms with Crippen molar-refractivity contribution in [2.45, 2.75) is 36.7 Å². The van der Waals surface area contributed by atoms with Crippen LogP contribution in [0.4, 0.5) is 5.13 Å². The van der Waals surface area contributed by atoms with E-state index in [1.165, 1.54) is 30.5 Å².